The van der Waals surface area contributed by atoms with Crippen molar-refractivity contribution in [3.05, 3.63) is 95.4 Å². The molecule has 1 fully saturated rings. The highest BCUT2D eigenvalue weighted by atomic mass is 35.5. The van der Waals surface area contributed by atoms with Gasteiger partial charge in [-0.25, -0.2) is 9.37 Å². The Bertz CT molecular complexity index is 1480. The van der Waals surface area contributed by atoms with Gasteiger partial charge in [0.25, 0.3) is 5.91 Å². The fourth-order valence-corrected chi connectivity index (χ4v) is 4.78. The van der Waals surface area contributed by atoms with Crippen LogP contribution in [0.25, 0.3) is 16.9 Å². The van der Waals surface area contributed by atoms with Gasteiger partial charge in [-0.1, -0.05) is 23.7 Å². The lowest BCUT2D eigenvalue weighted by atomic mass is 10.1. The number of hydrogen-bond donors (Lipinski definition) is 1. The Hall–Kier alpha value is -4.21. The second kappa shape index (κ2) is 12.3. The zero-order valence-electron chi connectivity index (χ0n) is 21.8. The van der Waals surface area contributed by atoms with Crippen LogP contribution in [0.5, 0.6) is 5.75 Å². The first kappa shape index (κ1) is 27.4. The van der Waals surface area contributed by atoms with Gasteiger partial charge in [0.1, 0.15) is 18.1 Å². The Kier molecular flexibility index (Phi) is 8.42. The first-order chi connectivity index (χ1) is 19.4. The van der Waals surface area contributed by atoms with Crippen LogP contribution in [0.1, 0.15) is 23.2 Å². The summed E-state index contributed by atoms with van der Waals surface area (Å²) in [4.78, 5) is 32.9. The van der Waals surface area contributed by atoms with Gasteiger partial charge in [-0.05, 0) is 73.5 Å². The number of amides is 2. The first-order valence-electron chi connectivity index (χ1n) is 12.9. The van der Waals surface area contributed by atoms with Crippen LogP contribution in [0.3, 0.4) is 0 Å². The van der Waals surface area contributed by atoms with Crippen LogP contribution in [0.15, 0.2) is 79.0 Å². The molecule has 2 amide bonds. The molecule has 0 aliphatic carbocycles. The fourth-order valence-electron chi connectivity index (χ4n) is 4.56. The zero-order chi connectivity index (χ0) is 28.1. The summed E-state index contributed by atoms with van der Waals surface area (Å²) in [6.07, 6.45) is 3.29. The Morgan fingerprint density at radius 3 is 2.55 bits per heavy atom. The molecular formula is C30H28ClFN4O4. The number of carbonyl (C=O) groups excluding carboxylic acids is 2. The monoisotopic (exact) mass is 562 g/mol. The molecule has 0 radical (unpaired) electrons. The van der Waals surface area contributed by atoms with Crippen molar-refractivity contribution in [1.82, 2.24) is 14.5 Å². The first-order valence-corrected chi connectivity index (χ1v) is 13.2. The molecule has 1 aromatic heterocycles. The van der Waals surface area contributed by atoms with E-state index >= 15 is 0 Å². The minimum atomic E-state index is -0.450. The Balaban J connectivity index is 1.42. The number of rotatable bonds is 9. The van der Waals surface area contributed by atoms with Gasteiger partial charge in [-0.2, -0.15) is 0 Å². The van der Waals surface area contributed by atoms with E-state index in [1.165, 1.54) is 17.0 Å². The normalized spacial score (nSPS) is 14.6. The number of aromatic nitrogens is 2. The number of methoxy groups -OCH3 is 1. The third kappa shape index (κ3) is 6.32. The molecule has 0 saturated carbocycles. The van der Waals surface area contributed by atoms with Crippen molar-refractivity contribution in [2.75, 3.05) is 32.1 Å². The molecule has 10 heteroatoms. The van der Waals surface area contributed by atoms with Crippen molar-refractivity contribution in [2.24, 2.45) is 0 Å². The quantitative estimate of drug-likeness (QED) is 0.287. The Morgan fingerprint density at radius 1 is 1.12 bits per heavy atom. The smallest absolute Gasteiger partial charge is 0.255 e. The Morgan fingerprint density at radius 2 is 1.88 bits per heavy atom. The maximum absolute atomic E-state index is 13.6. The molecule has 5 rings (SSSR count). The predicted molar refractivity (Wildman–Crippen MR) is 150 cm³/mol. The fraction of sp³-hybridized carbons (Fsp3) is 0.233. The molecule has 0 spiro atoms. The number of anilines is 1. The number of imidazole rings is 1. The van der Waals surface area contributed by atoms with Crippen molar-refractivity contribution in [3.8, 4) is 22.7 Å². The van der Waals surface area contributed by atoms with E-state index in [0.717, 1.165) is 18.4 Å². The third-order valence-electron chi connectivity index (χ3n) is 6.62. The van der Waals surface area contributed by atoms with E-state index in [2.05, 4.69) is 10.3 Å². The molecule has 1 aliphatic heterocycles. The van der Waals surface area contributed by atoms with Gasteiger partial charge in [0.2, 0.25) is 11.9 Å². The molecule has 0 bridgehead atoms. The van der Waals surface area contributed by atoms with E-state index in [9.17, 15) is 14.0 Å². The summed E-state index contributed by atoms with van der Waals surface area (Å²) in [7, 11) is 1.59. The van der Waals surface area contributed by atoms with Gasteiger partial charge in [-0.15, -0.1) is 0 Å². The SMILES string of the molecule is COc1ccc(-c2cn(-c3ccc(F)cc3)c(NC(=O)CN(C[C@H]3CCCO3)C(=O)c3ccccc3Cl)n2)cc1. The summed E-state index contributed by atoms with van der Waals surface area (Å²) >= 11 is 6.30. The highest BCUT2D eigenvalue weighted by Gasteiger charge is 2.27. The van der Waals surface area contributed by atoms with E-state index in [1.807, 2.05) is 24.3 Å². The lowest BCUT2D eigenvalue weighted by molar-refractivity contribution is -0.117. The van der Waals surface area contributed by atoms with Gasteiger partial charge in [-0.3, -0.25) is 19.5 Å². The van der Waals surface area contributed by atoms with Crippen molar-refractivity contribution in [3.63, 3.8) is 0 Å². The van der Waals surface area contributed by atoms with E-state index in [0.29, 0.717) is 34.3 Å². The van der Waals surface area contributed by atoms with Crippen LogP contribution in [0.4, 0.5) is 10.3 Å². The minimum Gasteiger partial charge on any atom is -0.497 e. The molecule has 2 heterocycles. The number of halogens is 2. The molecule has 206 valence electrons. The number of nitrogens with zero attached hydrogens (tertiary/aromatic N) is 3. The average Bonchev–Trinajstić information content (AvgIpc) is 3.63. The van der Waals surface area contributed by atoms with E-state index < -0.39 is 5.91 Å². The molecule has 3 aromatic carbocycles. The van der Waals surface area contributed by atoms with Gasteiger partial charge in [0, 0.05) is 30.6 Å². The van der Waals surface area contributed by atoms with Crippen LogP contribution in [-0.4, -0.2) is 59.2 Å². The van der Waals surface area contributed by atoms with Crippen molar-refractivity contribution in [1.29, 1.82) is 0 Å². The molecule has 4 aromatic rings. The lowest BCUT2D eigenvalue weighted by Gasteiger charge is -2.25. The van der Waals surface area contributed by atoms with E-state index in [1.54, 1.807) is 54.3 Å². The van der Waals surface area contributed by atoms with Crippen LogP contribution in [-0.2, 0) is 9.53 Å². The molecule has 8 nitrogen and oxygen atoms in total. The zero-order valence-corrected chi connectivity index (χ0v) is 22.6. The summed E-state index contributed by atoms with van der Waals surface area (Å²) in [5.41, 5.74) is 2.30. The second-order valence-electron chi connectivity index (χ2n) is 9.37. The predicted octanol–water partition coefficient (Wildman–Crippen LogP) is 5.60. The lowest BCUT2D eigenvalue weighted by Crippen LogP contribution is -2.42. The van der Waals surface area contributed by atoms with Crippen molar-refractivity contribution in [2.45, 2.75) is 18.9 Å². The van der Waals surface area contributed by atoms with Crippen LogP contribution >= 0.6 is 11.6 Å². The van der Waals surface area contributed by atoms with Crippen molar-refractivity contribution >= 4 is 29.4 Å². The third-order valence-corrected chi connectivity index (χ3v) is 6.95. The van der Waals surface area contributed by atoms with Crippen molar-refractivity contribution < 1.29 is 23.5 Å². The minimum absolute atomic E-state index is 0.165. The maximum atomic E-state index is 13.6. The van der Waals surface area contributed by atoms with Gasteiger partial charge >= 0.3 is 0 Å². The average molecular weight is 563 g/mol. The van der Waals surface area contributed by atoms with Gasteiger partial charge in [0.05, 0.1) is 29.5 Å². The summed E-state index contributed by atoms with van der Waals surface area (Å²) in [5, 5.41) is 3.15. The molecule has 1 aliphatic rings. The number of carbonyl (C=O) groups is 2. The molecule has 40 heavy (non-hydrogen) atoms. The van der Waals surface area contributed by atoms with E-state index in [4.69, 9.17) is 21.1 Å². The molecular weight excluding hydrogens is 535 g/mol. The summed E-state index contributed by atoms with van der Waals surface area (Å²) in [6.45, 7) is 0.632. The summed E-state index contributed by atoms with van der Waals surface area (Å²) in [5.74, 6) is -0.271. The van der Waals surface area contributed by atoms with Crippen LogP contribution in [0.2, 0.25) is 5.02 Å². The van der Waals surface area contributed by atoms with Crippen LogP contribution in [0, 0.1) is 5.82 Å². The largest absolute Gasteiger partial charge is 0.497 e. The van der Waals surface area contributed by atoms with Gasteiger partial charge < -0.3 is 14.4 Å². The number of benzene rings is 3. The highest BCUT2D eigenvalue weighted by Crippen LogP contribution is 2.27. The molecule has 1 saturated heterocycles. The number of hydrogen-bond acceptors (Lipinski definition) is 5. The molecule has 1 N–H and O–H groups in total. The number of ether oxygens (including phenoxy) is 2. The molecule has 0 unspecified atom stereocenters. The summed E-state index contributed by atoms with van der Waals surface area (Å²) < 4.78 is 26.3. The number of nitrogens with one attached hydrogen (secondary N) is 1. The maximum Gasteiger partial charge on any atom is 0.255 e. The summed E-state index contributed by atoms with van der Waals surface area (Å²) in [6, 6.07) is 19.9. The standard InChI is InChI=1S/C30H28ClFN4O4/c1-39-23-14-8-20(9-15-23)27-18-36(22-12-10-21(32)11-13-22)30(33-27)34-28(37)19-35(17-24-5-4-16-40-24)29(38)25-6-2-3-7-26(25)31/h2-3,6-15,18,24H,4-5,16-17,19H2,1H3,(H,33,34,37)/t24-/m1/s1. The molecule has 1 atom stereocenters. The van der Waals surface area contributed by atoms with E-state index in [-0.39, 0.29) is 36.9 Å². The highest BCUT2D eigenvalue weighted by molar-refractivity contribution is 6.33. The van der Waals surface area contributed by atoms with Crippen LogP contribution < -0.4 is 10.1 Å². The second-order valence-corrected chi connectivity index (χ2v) is 9.78. The Labute approximate surface area is 236 Å². The van der Waals surface area contributed by atoms with Gasteiger partial charge in [0.15, 0.2) is 0 Å². The topological polar surface area (TPSA) is 85.7 Å².